The van der Waals surface area contributed by atoms with E-state index >= 15 is 0 Å². The van der Waals surface area contributed by atoms with Gasteiger partial charge in [0.2, 0.25) is 0 Å². The van der Waals surface area contributed by atoms with Crippen molar-refractivity contribution >= 4 is 0 Å². The lowest BCUT2D eigenvalue weighted by molar-refractivity contribution is 0.234. The number of hydrogen-bond donors (Lipinski definition) is 1. The second-order valence-electron chi connectivity index (χ2n) is 4.18. The van der Waals surface area contributed by atoms with E-state index in [1.807, 2.05) is 18.7 Å². The zero-order chi connectivity index (χ0) is 10.7. The smallest absolute Gasteiger partial charge is 0.146 e. The number of hydrogen-bond acceptors (Lipinski definition) is 4. The van der Waals surface area contributed by atoms with Gasteiger partial charge in [-0.15, -0.1) is 10.2 Å². The van der Waals surface area contributed by atoms with Crippen LogP contribution in [0.5, 0.6) is 0 Å². The van der Waals surface area contributed by atoms with Crippen molar-refractivity contribution in [2.24, 2.45) is 7.05 Å². The van der Waals surface area contributed by atoms with Gasteiger partial charge in [-0.1, -0.05) is 0 Å². The molecule has 1 N–H and O–H groups in total. The fraction of sp³-hybridized carbons (Fsp3) is 0.800. The topological polar surface area (TPSA) is 46.0 Å². The van der Waals surface area contributed by atoms with Gasteiger partial charge in [0, 0.05) is 19.6 Å². The van der Waals surface area contributed by atoms with E-state index < -0.39 is 0 Å². The maximum absolute atomic E-state index is 4.12. The maximum atomic E-state index is 4.12. The van der Waals surface area contributed by atoms with E-state index in [4.69, 9.17) is 0 Å². The SMILES string of the molecule is CNCC1CCCN1Cc1nncn1C. The molecular formula is C10H19N5. The average Bonchev–Trinajstić information content (AvgIpc) is 2.80. The van der Waals surface area contributed by atoms with Gasteiger partial charge in [0.15, 0.2) is 0 Å². The molecule has 2 heterocycles. The molecule has 5 heteroatoms. The predicted octanol–water partition coefficient (Wildman–Crippen LogP) is -0.00110. The van der Waals surface area contributed by atoms with Gasteiger partial charge in [-0.2, -0.15) is 0 Å². The van der Waals surface area contributed by atoms with Crippen LogP contribution in [-0.2, 0) is 13.6 Å². The third-order valence-electron chi connectivity index (χ3n) is 3.09. The van der Waals surface area contributed by atoms with Gasteiger partial charge in [-0.3, -0.25) is 4.90 Å². The van der Waals surface area contributed by atoms with Crippen molar-refractivity contribution in [2.75, 3.05) is 20.1 Å². The summed E-state index contributed by atoms with van der Waals surface area (Å²) in [6.07, 6.45) is 4.35. The Morgan fingerprint density at radius 2 is 2.47 bits per heavy atom. The van der Waals surface area contributed by atoms with Gasteiger partial charge in [0.25, 0.3) is 0 Å². The van der Waals surface area contributed by atoms with E-state index in [0.29, 0.717) is 6.04 Å². The van der Waals surface area contributed by atoms with Gasteiger partial charge in [0.05, 0.1) is 6.54 Å². The number of nitrogens with one attached hydrogen (secondary N) is 1. The zero-order valence-corrected chi connectivity index (χ0v) is 9.48. The highest BCUT2D eigenvalue weighted by Gasteiger charge is 2.24. The van der Waals surface area contributed by atoms with Crippen LogP contribution < -0.4 is 5.32 Å². The van der Waals surface area contributed by atoms with E-state index in [9.17, 15) is 0 Å². The minimum Gasteiger partial charge on any atom is -0.320 e. The highest BCUT2D eigenvalue weighted by atomic mass is 15.3. The lowest BCUT2D eigenvalue weighted by atomic mass is 10.2. The third-order valence-corrected chi connectivity index (χ3v) is 3.09. The Morgan fingerprint density at radius 1 is 1.60 bits per heavy atom. The molecule has 1 aromatic rings. The van der Waals surface area contributed by atoms with E-state index in [-0.39, 0.29) is 0 Å². The van der Waals surface area contributed by atoms with Crippen LogP contribution in [0.15, 0.2) is 6.33 Å². The molecule has 0 amide bonds. The molecular weight excluding hydrogens is 190 g/mol. The first-order chi connectivity index (χ1) is 7.31. The van der Waals surface area contributed by atoms with E-state index in [0.717, 1.165) is 18.9 Å². The summed E-state index contributed by atoms with van der Waals surface area (Å²) in [5.74, 6) is 1.05. The summed E-state index contributed by atoms with van der Waals surface area (Å²) in [4.78, 5) is 2.49. The van der Waals surface area contributed by atoms with Crippen LogP contribution >= 0.6 is 0 Å². The molecule has 1 unspecified atom stereocenters. The summed E-state index contributed by atoms with van der Waals surface area (Å²) in [5, 5.41) is 11.3. The molecule has 0 bridgehead atoms. The molecule has 2 rings (SSSR count). The summed E-state index contributed by atoms with van der Waals surface area (Å²) >= 11 is 0. The maximum Gasteiger partial charge on any atom is 0.146 e. The Labute approximate surface area is 90.5 Å². The van der Waals surface area contributed by atoms with Crippen LogP contribution in [0.25, 0.3) is 0 Å². The molecule has 1 saturated heterocycles. The minimum atomic E-state index is 0.659. The number of aromatic nitrogens is 3. The van der Waals surface area contributed by atoms with Crippen molar-refractivity contribution in [3.8, 4) is 0 Å². The molecule has 0 saturated carbocycles. The first-order valence-corrected chi connectivity index (χ1v) is 5.53. The molecule has 0 spiro atoms. The number of nitrogens with zero attached hydrogens (tertiary/aromatic N) is 4. The second kappa shape index (κ2) is 4.72. The lowest BCUT2D eigenvalue weighted by Gasteiger charge is -2.23. The van der Waals surface area contributed by atoms with Gasteiger partial charge in [-0.25, -0.2) is 0 Å². The molecule has 84 valence electrons. The highest BCUT2D eigenvalue weighted by Crippen LogP contribution is 2.18. The monoisotopic (exact) mass is 209 g/mol. The quantitative estimate of drug-likeness (QED) is 0.758. The highest BCUT2D eigenvalue weighted by molar-refractivity contribution is 4.89. The normalized spacial score (nSPS) is 22.4. The van der Waals surface area contributed by atoms with Crippen LogP contribution in [0, 0.1) is 0 Å². The summed E-state index contributed by atoms with van der Waals surface area (Å²) in [7, 11) is 4.01. The van der Waals surface area contributed by atoms with Crippen LogP contribution in [0.3, 0.4) is 0 Å². The Bertz CT molecular complexity index is 309. The number of rotatable bonds is 4. The molecule has 1 aromatic heterocycles. The number of likely N-dealkylation sites (N-methyl/N-ethyl adjacent to an activating group) is 1. The largest absolute Gasteiger partial charge is 0.320 e. The van der Waals surface area contributed by atoms with Crippen LogP contribution in [0.2, 0.25) is 0 Å². The Morgan fingerprint density at radius 3 is 3.13 bits per heavy atom. The molecule has 0 aliphatic carbocycles. The second-order valence-corrected chi connectivity index (χ2v) is 4.18. The minimum absolute atomic E-state index is 0.659. The molecule has 1 aliphatic heterocycles. The Kier molecular flexibility index (Phi) is 3.33. The van der Waals surface area contributed by atoms with Crippen molar-refractivity contribution in [3.63, 3.8) is 0 Å². The summed E-state index contributed by atoms with van der Waals surface area (Å²) < 4.78 is 1.99. The van der Waals surface area contributed by atoms with Crippen LogP contribution in [0.1, 0.15) is 18.7 Å². The molecule has 1 aliphatic rings. The fourth-order valence-electron chi connectivity index (χ4n) is 2.20. The van der Waals surface area contributed by atoms with Crippen molar-refractivity contribution in [1.29, 1.82) is 0 Å². The molecule has 1 fully saturated rings. The first kappa shape index (κ1) is 10.6. The Hall–Kier alpha value is -0.940. The lowest BCUT2D eigenvalue weighted by Crippen LogP contribution is -2.36. The molecule has 15 heavy (non-hydrogen) atoms. The van der Waals surface area contributed by atoms with Crippen LogP contribution in [0.4, 0.5) is 0 Å². The van der Waals surface area contributed by atoms with Gasteiger partial charge >= 0.3 is 0 Å². The standard InChI is InChI=1S/C10H19N5/c1-11-6-9-4-3-5-15(9)7-10-13-12-8-14(10)2/h8-9,11H,3-7H2,1-2H3. The van der Waals surface area contributed by atoms with Crippen molar-refractivity contribution in [3.05, 3.63) is 12.2 Å². The molecule has 5 nitrogen and oxygen atoms in total. The molecule has 0 aromatic carbocycles. The van der Waals surface area contributed by atoms with Gasteiger partial charge < -0.3 is 9.88 Å². The third kappa shape index (κ3) is 2.35. The number of likely N-dealkylation sites (tertiary alicyclic amines) is 1. The molecule has 0 radical (unpaired) electrons. The van der Waals surface area contributed by atoms with Crippen molar-refractivity contribution in [2.45, 2.75) is 25.4 Å². The average molecular weight is 209 g/mol. The van der Waals surface area contributed by atoms with Crippen molar-refractivity contribution < 1.29 is 0 Å². The van der Waals surface area contributed by atoms with E-state index in [1.54, 1.807) is 6.33 Å². The first-order valence-electron chi connectivity index (χ1n) is 5.53. The van der Waals surface area contributed by atoms with Crippen LogP contribution in [-0.4, -0.2) is 45.8 Å². The van der Waals surface area contributed by atoms with Crippen molar-refractivity contribution in [1.82, 2.24) is 25.0 Å². The number of aryl methyl sites for hydroxylation is 1. The zero-order valence-electron chi connectivity index (χ0n) is 9.48. The summed E-state index contributed by atoms with van der Waals surface area (Å²) in [6, 6.07) is 0.659. The predicted molar refractivity (Wildman–Crippen MR) is 58.4 cm³/mol. The van der Waals surface area contributed by atoms with Gasteiger partial charge in [0.1, 0.15) is 12.2 Å². The fourth-order valence-corrected chi connectivity index (χ4v) is 2.20. The van der Waals surface area contributed by atoms with E-state index in [2.05, 4.69) is 20.4 Å². The van der Waals surface area contributed by atoms with Gasteiger partial charge in [-0.05, 0) is 26.4 Å². The Balaban J connectivity index is 1.96. The van der Waals surface area contributed by atoms with E-state index in [1.165, 1.54) is 19.4 Å². The summed E-state index contributed by atoms with van der Waals surface area (Å²) in [5.41, 5.74) is 0. The molecule has 1 atom stereocenters. The summed E-state index contributed by atoms with van der Waals surface area (Å²) in [6.45, 7) is 3.17.